The van der Waals surface area contributed by atoms with Crippen molar-refractivity contribution in [3.05, 3.63) is 17.7 Å². The Labute approximate surface area is 127 Å². The average Bonchev–Trinajstić information content (AvgIpc) is 3.30. The van der Waals surface area contributed by atoms with E-state index in [0.29, 0.717) is 23.8 Å². The van der Waals surface area contributed by atoms with Crippen LogP contribution in [0.2, 0.25) is 0 Å². The SMILES string of the molecule is Cc1c(OC2CC2)ccc(OCCC2CC2)c1OC(F)(F)F. The molecule has 6 heteroatoms. The summed E-state index contributed by atoms with van der Waals surface area (Å²) in [4.78, 5) is 0. The molecular formula is C16H19F3O3. The Morgan fingerprint density at radius 2 is 1.77 bits per heavy atom. The molecule has 3 nitrogen and oxygen atoms in total. The van der Waals surface area contributed by atoms with Crippen molar-refractivity contribution in [2.75, 3.05) is 6.61 Å². The van der Waals surface area contributed by atoms with E-state index in [1.807, 2.05) is 0 Å². The fraction of sp³-hybridized carbons (Fsp3) is 0.625. The maximum atomic E-state index is 12.6. The van der Waals surface area contributed by atoms with E-state index in [2.05, 4.69) is 4.74 Å². The van der Waals surface area contributed by atoms with E-state index in [1.54, 1.807) is 13.0 Å². The van der Waals surface area contributed by atoms with E-state index in [9.17, 15) is 13.2 Å². The van der Waals surface area contributed by atoms with Crippen molar-refractivity contribution < 1.29 is 27.4 Å². The van der Waals surface area contributed by atoms with Gasteiger partial charge in [-0.05, 0) is 44.2 Å². The lowest BCUT2D eigenvalue weighted by Crippen LogP contribution is -2.19. The Morgan fingerprint density at radius 3 is 2.36 bits per heavy atom. The largest absolute Gasteiger partial charge is 0.573 e. The normalized spacial score (nSPS) is 18.2. The molecule has 3 rings (SSSR count). The van der Waals surface area contributed by atoms with Gasteiger partial charge in [0.15, 0.2) is 11.5 Å². The third-order valence-electron chi connectivity index (χ3n) is 3.84. The van der Waals surface area contributed by atoms with Crippen LogP contribution in [-0.2, 0) is 0 Å². The highest BCUT2D eigenvalue weighted by atomic mass is 19.4. The Balaban J connectivity index is 1.77. The number of ether oxygens (including phenoxy) is 3. The molecule has 1 aromatic carbocycles. The van der Waals surface area contributed by atoms with Gasteiger partial charge in [-0.25, -0.2) is 0 Å². The standard InChI is InChI=1S/C16H19F3O3/c1-10-13(21-12-4-5-12)6-7-14(15(10)22-16(17,18)19)20-9-8-11-2-3-11/h6-7,11-12H,2-5,8-9H2,1H3. The molecule has 0 radical (unpaired) electrons. The van der Waals surface area contributed by atoms with Crippen LogP contribution in [0.3, 0.4) is 0 Å². The first-order chi connectivity index (χ1) is 10.4. The van der Waals surface area contributed by atoms with Gasteiger partial charge < -0.3 is 14.2 Å². The van der Waals surface area contributed by atoms with Gasteiger partial charge in [-0.2, -0.15) is 0 Å². The number of alkyl halides is 3. The van der Waals surface area contributed by atoms with Crippen molar-refractivity contribution in [1.29, 1.82) is 0 Å². The molecule has 1 aromatic rings. The molecule has 2 fully saturated rings. The van der Waals surface area contributed by atoms with Crippen LogP contribution in [0.1, 0.15) is 37.7 Å². The summed E-state index contributed by atoms with van der Waals surface area (Å²) in [6, 6.07) is 3.15. The summed E-state index contributed by atoms with van der Waals surface area (Å²) in [5, 5.41) is 0. The van der Waals surface area contributed by atoms with Gasteiger partial charge in [0.25, 0.3) is 0 Å². The topological polar surface area (TPSA) is 27.7 Å². The van der Waals surface area contributed by atoms with Crippen LogP contribution in [-0.4, -0.2) is 19.1 Å². The van der Waals surface area contributed by atoms with Crippen LogP contribution in [0, 0.1) is 12.8 Å². The first-order valence-electron chi connectivity index (χ1n) is 7.61. The summed E-state index contributed by atoms with van der Waals surface area (Å²) in [5.74, 6) is 0.918. The van der Waals surface area contributed by atoms with E-state index in [0.717, 1.165) is 19.3 Å². The lowest BCUT2D eigenvalue weighted by Gasteiger charge is -2.18. The molecule has 0 unspecified atom stereocenters. The number of rotatable bonds is 7. The van der Waals surface area contributed by atoms with Gasteiger partial charge in [-0.1, -0.05) is 12.8 Å². The van der Waals surface area contributed by atoms with Crippen LogP contribution in [0.5, 0.6) is 17.2 Å². The molecule has 0 saturated heterocycles. The van der Waals surface area contributed by atoms with Gasteiger partial charge in [-0.15, -0.1) is 13.2 Å². The number of hydrogen-bond acceptors (Lipinski definition) is 3. The highest BCUT2D eigenvalue weighted by Gasteiger charge is 2.34. The first kappa shape index (κ1) is 15.3. The minimum Gasteiger partial charge on any atom is -0.490 e. The number of hydrogen-bond donors (Lipinski definition) is 0. The van der Waals surface area contributed by atoms with E-state index in [4.69, 9.17) is 9.47 Å². The molecular weight excluding hydrogens is 297 g/mol. The number of halogens is 3. The Bertz CT molecular complexity index is 534. The van der Waals surface area contributed by atoms with Gasteiger partial charge in [0.05, 0.1) is 12.7 Å². The maximum Gasteiger partial charge on any atom is 0.573 e. The zero-order valence-electron chi connectivity index (χ0n) is 12.4. The van der Waals surface area contributed by atoms with Crippen LogP contribution >= 0.6 is 0 Å². The molecule has 0 N–H and O–H groups in total. The fourth-order valence-corrected chi connectivity index (χ4v) is 2.24. The van der Waals surface area contributed by atoms with E-state index >= 15 is 0 Å². The summed E-state index contributed by atoms with van der Waals surface area (Å²) in [5.41, 5.74) is 0.327. The Hall–Kier alpha value is -1.59. The highest BCUT2D eigenvalue weighted by Crippen LogP contribution is 2.42. The van der Waals surface area contributed by atoms with Gasteiger partial charge in [0, 0.05) is 5.56 Å². The van der Waals surface area contributed by atoms with Crippen molar-refractivity contribution >= 4 is 0 Å². The second-order valence-electron chi connectivity index (χ2n) is 5.96. The minimum absolute atomic E-state index is 0.110. The molecule has 0 spiro atoms. The van der Waals surface area contributed by atoms with Gasteiger partial charge >= 0.3 is 6.36 Å². The molecule has 2 saturated carbocycles. The molecule has 0 aliphatic heterocycles. The second kappa shape index (κ2) is 5.89. The van der Waals surface area contributed by atoms with Crippen LogP contribution in [0.15, 0.2) is 12.1 Å². The van der Waals surface area contributed by atoms with Crippen LogP contribution in [0.25, 0.3) is 0 Å². The van der Waals surface area contributed by atoms with Crippen molar-refractivity contribution in [3.63, 3.8) is 0 Å². The summed E-state index contributed by atoms with van der Waals surface area (Å²) in [6.45, 7) is 1.97. The van der Waals surface area contributed by atoms with Gasteiger partial charge in [0.2, 0.25) is 0 Å². The molecule has 2 aliphatic rings. The zero-order valence-corrected chi connectivity index (χ0v) is 12.4. The molecule has 0 heterocycles. The van der Waals surface area contributed by atoms with Gasteiger partial charge in [0.1, 0.15) is 5.75 Å². The van der Waals surface area contributed by atoms with E-state index < -0.39 is 6.36 Å². The maximum absolute atomic E-state index is 12.6. The molecule has 2 aliphatic carbocycles. The quantitative estimate of drug-likeness (QED) is 0.735. The minimum atomic E-state index is -4.75. The van der Waals surface area contributed by atoms with Crippen LogP contribution in [0.4, 0.5) is 13.2 Å². The summed E-state index contributed by atoms with van der Waals surface area (Å²) >= 11 is 0. The average molecular weight is 316 g/mol. The number of benzene rings is 1. The first-order valence-corrected chi connectivity index (χ1v) is 7.61. The summed E-state index contributed by atoms with van der Waals surface area (Å²) in [7, 11) is 0. The lowest BCUT2D eigenvalue weighted by molar-refractivity contribution is -0.275. The predicted octanol–water partition coefficient (Wildman–Crippen LogP) is 4.61. The van der Waals surface area contributed by atoms with Gasteiger partial charge in [-0.3, -0.25) is 0 Å². The van der Waals surface area contributed by atoms with Crippen molar-refractivity contribution in [1.82, 2.24) is 0 Å². The molecule has 0 amide bonds. The molecule has 122 valence electrons. The Kier molecular flexibility index (Phi) is 4.10. The smallest absolute Gasteiger partial charge is 0.490 e. The van der Waals surface area contributed by atoms with Crippen LogP contribution < -0.4 is 14.2 Å². The summed E-state index contributed by atoms with van der Waals surface area (Å²) in [6.07, 6.45) is 0.468. The molecule has 0 atom stereocenters. The van der Waals surface area contributed by atoms with Crippen molar-refractivity contribution in [2.24, 2.45) is 5.92 Å². The fourth-order valence-electron chi connectivity index (χ4n) is 2.24. The lowest BCUT2D eigenvalue weighted by atomic mass is 10.2. The third-order valence-corrected chi connectivity index (χ3v) is 3.84. The van der Waals surface area contributed by atoms with Crippen molar-refractivity contribution in [2.45, 2.75) is 51.5 Å². The zero-order chi connectivity index (χ0) is 15.7. The van der Waals surface area contributed by atoms with Crippen molar-refractivity contribution in [3.8, 4) is 17.2 Å². The molecule has 0 aromatic heterocycles. The highest BCUT2D eigenvalue weighted by molar-refractivity contribution is 5.53. The van der Waals surface area contributed by atoms with E-state index in [1.165, 1.54) is 18.9 Å². The molecule has 22 heavy (non-hydrogen) atoms. The second-order valence-corrected chi connectivity index (χ2v) is 5.96. The predicted molar refractivity (Wildman–Crippen MR) is 74.3 cm³/mol. The Morgan fingerprint density at radius 1 is 1.09 bits per heavy atom. The third kappa shape index (κ3) is 4.21. The summed E-state index contributed by atoms with van der Waals surface area (Å²) < 4.78 is 53.2. The monoisotopic (exact) mass is 316 g/mol. The van der Waals surface area contributed by atoms with E-state index in [-0.39, 0.29) is 17.6 Å². The molecule has 0 bridgehead atoms.